The Morgan fingerprint density at radius 1 is 1.33 bits per heavy atom. The second-order valence-corrected chi connectivity index (χ2v) is 6.21. The van der Waals surface area contributed by atoms with Gasteiger partial charge in [0.1, 0.15) is 5.75 Å². The molecule has 1 aromatic carbocycles. The van der Waals surface area contributed by atoms with Crippen molar-refractivity contribution in [2.24, 2.45) is 0 Å². The number of halogens is 2. The Bertz CT molecular complexity index is 468. The van der Waals surface area contributed by atoms with Crippen LogP contribution in [0.25, 0.3) is 0 Å². The summed E-state index contributed by atoms with van der Waals surface area (Å²) in [5.41, 5.74) is 1.02. The van der Waals surface area contributed by atoms with Crippen LogP contribution in [0.5, 0.6) is 5.75 Å². The van der Waals surface area contributed by atoms with Crippen LogP contribution in [0.1, 0.15) is 32.3 Å². The Hall–Kier alpha value is -0.480. The normalized spacial score (nSPS) is 19.1. The predicted octanol–water partition coefficient (Wildman–Crippen LogP) is 3.97. The number of ether oxygens (including phenoxy) is 1. The van der Waals surface area contributed by atoms with Crippen molar-refractivity contribution in [2.75, 3.05) is 26.2 Å². The summed E-state index contributed by atoms with van der Waals surface area (Å²) in [6.07, 6.45) is 2.57. The van der Waals surface area contributed by atoms with Crippen molar-refractivity contribution in [3.05, 3.63) is 27.7 Å². The number of rotatable bonds is 7. The first-order valence-corrected chi connectivity index (χ1v) is 8.46. The molecule has 0 unspecified atom stereocenters. The number of hydrogen-bond donors (Lipinski definition) is 1. The van der Waals surface area contributed by atoms with Crippen molar-refractivity contribution < 1.29 is 4.74 Å². The smallest absolute Gasteiger partial charge is 0.142 e. The Labute approximate surface area is 137 Å². The van der Waals surface area contributed by atoms with E-state index in [0.717, 1.165) is 30.9 Å². The lowest BCUT2D eigenvalue weighted by Gasteiger charge is -2.23. The highest BCUT2D eigenvalue weighted by Crippen LogP contribution is 2.32. The second kappa shape index (κ2) is 8.23. The highest BCUT2D eigenvalue weighted by atomic mass is 35.5. The Morgan fingerprint density at radius 2 is 2.14 bits per heavy atom. The van der Waals surface area contributed by atoms with E-state index in [2.05, 4.69) is 17.1 Å². The molecular weight excluding hydrogens is 307 g/mol. The molecule has 1 saturated heterocycles. The van der Waals surface area contributed by atoms with Crippen LogP contribution < -0.4 is 10.1 Å². The lowest BCUT2D eigenvalue weighted by Crippen LogP contribution is -2.37. The van der Waals surface area contributed by atoms with Crippen LogP contribution in [0.2, 0.25) is 10.0 Å². The van der Waals surface area contributed by atoms with E-state index < -0.39 is 0 Å². The molecule has 1 aromatic rings. The average molecular weight is 331 g/mol. The summed E-state index contributed by atoms with van der Waals surface area (Å²) in [5, 5.41) is 4.75. The number of nitrogens with zero attached hydrogens (tertiary/aromatic N) is 1. The van der Waals surface area contributed by atoms with E-state index in [1.807, 2.05) is 13.0 Å². The topological polar surface area (TPSA) is 24.5 Å². The van der Waals surface area contributed by atoms with Gasteiger partial charge in [-0.3, -0.25) is 4.90 Å². The summed E-state index contributed by atoms with van der Waals surface area (Å²) >= 11 is 12.3. The van der Waals surface area contributed by atoms with Gasteiger partial charge >= 0.3 is 0 Å². The van der Waals surface area contributed by atoms with Crippen molar-refractivity contribution in [2.45, 2.75) is 39.3 Å². The van der Waals surface area contributed by atoms with Crippen LogP contribution in [0.4, 0.5) is 0 Å². The van der Waals surface area contributed by atoms with Gasteiger partial charge in [0.05, 0.1) is 11.6 Å². The SMILES string of the molecule is CCOc1c(Cl)cc(Cl)cc1CNC[C@@H]1CCCN1CC. The molecule has 1 N–H and O–H groups in total. The number of benzene rings is 1. The molecule has 0 saturated carbocycles. The van der Waals surface area contributed by atoms with Crippen LogP contribution in [0, 0.1) is 0 Å². The monoisotopic (exact) mass is 330 g/mol. The van der Waals surface area contributed by atoms with Crippen molar-refractivity contribution in [3.63, 3.8) is 0 Å². The average Bonchev–Trinajstić information content (AvgIpc) is 2.90. The zero-order valence-corrected chi connectivity index (χ0v) is 14.3. The van der Waals surface area contributed by atoms with Gasteiger partial charge < -0.3 is 10.1 Å². The Morgan fingerprint density at radius 3 is 2.86 bits per heavy atom. The largest absolute Gasteiger partial charge is 0.492 e. The molecule has 0 spiro atoms. The van der Waals surface area contributed by atoms with E-state index in [9.17, 15) is 0 Å². The first-order chi connectivity index (χ1) is 10.2. The molecule has 0 aliphatic carbocycles. The lowest BCUT2D eigenvalue weighted by molar-refractivity contribution is 0.259. The molecule has 0 aromatic heterocycles. The van der Waals surface area contributed by atoms with E-state index in [1.54, 1.807) is 6.07 Å². The Kier molecular flexibility index (Phi) is 6.62. The third-order valence-electron chi connectivity index (χ3n) is 3.97. The van der Waals surface area contributed by atoms with Crippen LogP contribution >= 0.6 is 23.2 Å². The van der Waals surface area contributed by atoms with Gasteiger partial charge in [0.25, 0.3) is 0 Å². The molecular formula is C16H24Cl2N2O. The fraction of sp³-hybridized carbons (Fsp3) is 0.625. The van der Waals surface area contributed by atoms with Crippen LogP contribution in [0.15, 0.2) is 12.1 Å². The van der Waals surface area contributed by atoms with Crippen molar-refractivity contribution in [1.82, 2.24) is 10.2 Å². The maximum absolute atomic E-state index is 6.22. The van der Waals surface area contributed by atoms with Crippen LogP contribution in [0.3, 0.4) is 0 Å². The molecule has 118 valence electrons. The number of likely N-dealkylation sites (N-methyl/N-ethyl adjacent to an activating group) is 1. The highest BCUT2D eigenvalue weighted by Gasteiger charge is 2.22. The van der Waals surface area contributed by atoms with E-state index in [1.165, 1.54) is 19.4 Å². The van der Waals surface area contributed by atoms with E-state index in [0.29, 0.717) is 22.7 Å². The minimum Gasteiger partial charge on any atom is -0.492 e. The molecule has 1 fully saturated rings. The van der Waals surface area contributed by atoms with Gasteiger partial charge in [-0.15, -0.1) is 0 Å². The molecule has 1 atom stereocenters. The van der Waals surface area contributed by atoms with Crippen molar-refractivity contribution >= 4 is 23.2 Å². The predicted molar refractivity (Wildman–Crippen MR) is 89.6 cm³/mol. The maximum atomic E-state index is 6.22. The van der Waals surface area contributed by atoms with Gasteiger partial charge in [0.2, 0.25) is 0 Å². The van der Waals surface area contributed by atoms with Gasteiger partial charge in [-0.1, -0.05) is 30.1 Å². The first-order valence-electron chi connectivity index (χ1n) is 7.71. The second-order valence-electron chi connectivity index (χ2n) is 5.36. The van der Waals surface area contributed by atoms with Gasteiger partial charge in [-0.2, -0.15) is 0 Å². The van der Waals surface area contributed by atoms with Crippen LogP contribution in [-0.2, 0) is 6.54 Å². The third-order valence-corrected chi connectivity index (χ3v) is 4.47. The number of hydrogen-bond acceptors (Lipinski definition) is 3. The summed E-state index contributed by atoms with van der Waals surface area (Å²) in [4.78, 5) is 2.53. The van der Waals surface area contributed by atoms with Gasteiger partial charge in [-0.25, -0.2) is 0 Å². The minimum absolute atomic E-state index is 0.581. The van der Waals surface area contributed by atoms with Gasteiger partial charge in [0, 0.05) is 29.7 Å². The lowest BCUT2D eigenvalue weighted by atomic mass is 10.1. The first kappa shape index (κ1) is 16.9. The quantitative estimate of drug-likeness (QED) is 0.818. The van der Waals surface area contributed by atoms with Gasteiger partial charge in [-0.05, 0) is 45.0 Å². The molecule has 1 aliphatic rings. The third kappa shape index (κ3) is 4.49. The molecule has 1 heterocycles. The standard InChI is InChI=1S/C16H24Cl2N2O/c1-3-20-7-5-6-14(20)11-19-10-12-8-13(17)9-15(18)16(12)21-4-2/h8-9,14,19H,3-7,10-11H2,1-2H3/t14-/m0/s1. The van der Waals surface area contributed by atoms with Crippen molar-refractivity contribution in [3.8, 4) is 5.75 Å². The summed E-state index contributed by atoms with van der Waals surface area (Å²) in [7, 11) is 0. The molecule has 0 bridgehead atoms. The summed E-state index contributed by atoms with van der Waals surface area (Å²) < 4.78 is 5.65. The zero-order chi connectivity index (χ0) is 15.2. The van der Waals surface area contributed by atoms with Crippen LogP contribution in [-0.4, -0.2) is 37.2 Å². The molecule has 1 aliphatic heterocycles. The number of likely N-dealkylation sites (tertiary alicyclic amines) is 1. The van der Waals surface area contributed by atoms with E-state index in [4.69, 9.17) is 27.9 Å². The molecule has 5 heteroatoms. The highest BCUT2D eigenvalue weighted by molar-refractivity contribution is 6.35. The summed E-state index contributed by atoms with van der Waals surface area (Å²) in [6.45, 7) is 8.84. The summed E-state index contributed by atoms with van der Waals surface area (Å²) in [5.74, 6) is 0.745. The van der Waals surface area contributed by atoms with E-state index in [-0.39, 0.29) is 0 Å². The molecule has 0 amide bonds. The molecule has 21 heavy (non-hydrogen) atoms. The van der Waals surface area contributed by atoms with Crippen molar-refractivity contribution in [1.29, 1.82) is 0 Å². The van der Waals surface area contributed by atoms with Gasteiger partial charge in [0.15, 0.2) is 0 Å². The fourth-order valence-corrected chi connectivity index (χ4v) is 3.56. The van der Waals surface area contributed by atoms with E-state index >= 15 is 0 Å². The minimum atomic E-state index is 0.581. The Balaban J connectivity index is 1.96. The summed E-state index contributed by atoms with van der Waals surface area (Å²) in [6, 6.07) is 4.30. The molecule has 0 radical (unpaired) electrons. The zero-order valence-electron chi connectivity index (χ0n) is 12.8. The number of nitrogens with one attached hydrogen (secondary N) is 1. The fourth-order valence-electron chi connectivity index (χ4n) is 2.97. The molecule has 3 nitrogen and oxygen atoms in total. The maximum Gasteiger partial charge on any atom is 0.142 e. The molecule has 2 rings (SSSR count).